The molecule has 2 N–H and O–H groups in total. The molecule has 0 radical (unpaired) electrons. The molecule has 0 atom stereocenters. The highest BCUT2D eigenvalue weighted by Crippen LogP contribution is 2.26. The van der Waals surface area contributed by atoms with Crippen LogP contribution in [0.25, 0.3) is 0 Å². The van der Waals surface area contributed by atoms with E-state index in [4.69, 9.17) is 4.74 Å². The number of carbonyl (C=O) groups excluding carboxylic acids is 3. The van der Waals surface area contributed by atoms with Crippen molar-refractivity contribution in [1.29, 1.82) is 0 Å². The lowest BCUT2D eigenvalue weighted by atomic mass is 9.97. The summed E-state index contributed by atoms with van der Waals surface area (Å²) >= 11 is 0. The van der Waals surface area contributed by atoms with Gasteiger partial charge < -0.3 is 15.0 Å². The van der Waals surface area contributed by atoms with Gasteiger partial charge in [0.1, 0.15) is 11.4 Å². The number of carbonyl (C=O) groups is 3. The van der Waals surface area contributed by atoms with Gasteiger partial charge in [-0.1, -0.05) is 0 Å². The van der Waals surface area contributed by atoms with Crippen LogP contribution in [-0.2, 0) is 9.53 Å². The fourth-order valence-electron chi connectivity index (χ4n) is 3.54. The molecule has 2 aliphatic rings. The molecule has 0 bridgehead atoms. The molecule has 9 heteroatoms. The summed E-state index contributed by atoms with van der Waals surface area (Å²) in [4.78, 5) is 38.2. The number of benzene rings is 1. The van der Waals surface area contributed by atoms with Gasteiger partial charge in [0.15, 0.2) is 0 Å². The number of halogens is 1. The first-order chi connectivity index (χ1) is 14.1. The number of rotatable bonds is 4. The minimum atomic E-state index is -0.609. The van der Waals surface area contributed by atoms with E-state index in [1.165, 1.54) is 17.0 Å². The van der Waals surface area contributed by atoms with Crippen LogP contribution in [0.2, 0.25) is 0 Å². The molecule has 2 saturated heterocycles. The van der Waals surface area contributed by atoms with Crippen molar-refractivity contribution in [3.63, 3.8) is 0 Å². The van der Waals surface area contributed by atoms with Crippen LogP contribution < -0.4 is 15.5 Å². The van der Waals surface area contributed by atoms with Crippen molar-refractivity contribution in [3.8, 4) is 0 Å². The van der Waals surface area contributed by atoms with E-state index in [2.05, 4.69) is 10.6 Å². The number of imide groups is 1. The van der Waals surface area contributed by atoms with Crippen molar-refractivity contribution >= 4 is 29.4 Å². The number of piperidine rings is 1. The number of nitrogens with zero attached hydrogens (tertiary/aromatic N) is 2. The lowest BCUT2D eigenvalue weighted by Gasteiger charge is -2.33. The van der Waals surface area contributed by atoms with Crippen LogP contribution in [0, 0.1) is 11.7 Å². The molecule has 0 aliphatic carbocycles. The monoisotopic (exact) mass is 420 g/mol. The van der Waals surface area contributed by atoms with Gasteiger partial charge in [0.25, 0.3) is 0 Å². The molecular weight excluding hydrogens is 391 g/mol. The summed E-state index contributed by atoms with van der Waals surface area (Å²) in [6.45, 7) is 7.65. The van der Waals surface area contributed by atoms with Crippen LogP contribution in [0.5, 0.6) is 0 Å². The molecule has 1 aromatic carbocycles. The zero-order valence-corrected chi connectivity index (χ0v) is 17.7. The molecule has 2 heterocycles. The molecule has 0 aromatic heterocycles. The van der Waals surface area contributed by atoms with Gasteiger partial charge in [0.05, 0.1) is 5.69 Å². The average Bonchev–Trinajstić information content (AvgIpc) is 2.66. The normalized spacial score (nSPS) is 18.3. The highest BCUT2D eigenvalue weighted by molar-refractivity contribution is 6.05. The Balaban J connectivity index is 1.49. The van der Waals surface area contributed by atoms with Crippen molar-refractivity contribution < 1.29 is 23.5 Å². The number of hydrogen-bond donors (Lipinski definition) is 2. The number of urea groups is 1. The number of likely N-dealkylation sites (tertiary alicyclic amines) is 1. The van der Waals surface area contributed by atoms with Gasteiger partial charge in [-0.2, -0.15) is 0 Å². The van der Waals surface area contributed by atoms with Gasteiger partial charge >= 0.3 is 12.1 Å². The maximum absolute atomic E-state index is 14.5. The Hall–Kier alpha value is -2.84. The van der Waals surface area contributed by atoms with Crippen molar-refractivity contribution in [2.24, 2.45) is 5.92 Å². The Kier molecular flexibility index (Phi) is 6.48. The Bertz CT molecular complexity index is 816. The number of amides is 4. The average molecular weight is 420 g/mol. The number of anilines is 2. The predicted molar refractivity (Wildman–Crippen MR) is 111 cm³/mol. The molecule has 0 unspecified atom stereocenters. The first-order valence-corrected chi connectivity index (χ1v) is 10.2. The second-order valence-electron chi connectivity index (χ2n) is 8.71. The third kappa shape index (κ3) is 5.61. The predicted octanol–water partition coefficient (Wildman–Crippen LogP) is 3.33. The Morgan fingerprint density at radius 1 is 1.23 bits per heavy atom. The summed E-state index contributed by atoms with van der Waals surface area (Å²) in [6, 6.07) is 4.01. The fourth-order valence-corrected chi connectivity index (χ4v) is 3.54. The Labute approximate surface area is 175 Å². The molecule has 8 nitrogen and oxygen atoms in total. The third-order valence-electron chi connectivity index (χ3n) is 5.15. The van der Waals surface area contributed by atoms with Crippen LogP contribution in [0.15, 0.2) is 18.2 Å². The van der Waals surface area contributed by atoms with E-state index in [1.54, 1.807) is 11.0 Å². The van der Waals surface area contributed by atoms with Crippen LogP contribution >= 0.6 is 0 Å². The molecule has 4 amide bonds. The van der Waals surface area contributed by atoms with E-state index >= 15 is 0 Å². The van der Waals surface area contributed by atoms with Crippen LogP contribution in [0.4, 0.5) is 25.4 Å². The molecule has 2 aliphatic heterocycles. The van der Waals surface area contributed by atoms with Crippen LogP contribution in [0.1, 0.15) is 40.0 Å². The summed E-state index contributed by atoms with van der Waals surface area (Å²) in [5, 5.41) is 5.43. The highest BCUT2D eigenvalue weighted by atomic mass is 19.1. The van der Waals surface area contributed by atoms with Gasteiger partial charge in [-0.3, -0.25) is 15.0 Å². The van der Waals surface area contributed by atoms with Crippen LogP contribution in [0.3, 0.4) is 0 Å². The summed E-state index contributed by atoms with van der Waals surface area (Å²) in [5.41, 5.74) is 0.270. The Morgan fingerprint density at radius 3 is 2.53 bits per heavy atom. The standard InChI is InChI=1S/C21H29FN4O4/c1-21(2,3)30-20(29)25-9-6-14(7-10-25)13-23-15-4-5-17(16(22)12-15)26-11-8-18(27)24-19(26)28/h4-5,12,14,23H,6-11,13H2,1-3H3,(H,24,27,28). The molecule has 2 fully saturated rings. The number of hydrogen-bond acceptors (Lipinski definition) is 5. The zero-order chi connectivity index (χ0) is 21.9. The van der Waals surface area contributed by atoms with E-state index in [1.807, 2.05) is 20.8 Å². The van der Waals surface area contributed by atoms with Gasteiger partial charge in [-0.05, 0) is 57.7 Å². The summed E-state index contributed by atoms with van der Waals surface area (Å²) < 4.78 is 19.9. The second-order valence-corrected chi connectivity index (χ2v) is 8.71. The zero-order valence-electron chi connectivity index (χ0n) is 17.7. The maximum Gasteiger partial charge on any atom is 0.410 e. The van der Waals surface area contributed by atoms with Crippen molar-refractivity contribution in [2.75, 3.05) is 36.4 Å². The number of ether oxygens (including phenoxy) is 1. The minimum absolute atomic E-state index is 0.146. The van der Waals surface area contributed by atoms with Gasteiger partial charge in [-0.25, -0.2) is 14.0 Å². The summed E-state index contributed by atoms with van der Waals surface area (Å²) in [6.07, 6.45) is 1.55. The highest BCUT2D eigenvalue weighted by Gasteiger charge is 2.28. The minimum Gasteiger partial charge on any atom is -0.444 e. The molecule has 1 aromatic rings. The van der Waals surface area contributed by atoms with Gasteiger partial charge in [-0.15, -0.1) is 0 Å². The van der Waals surface area contributed by atoms with Crippen molar-refractivity contribution in [3.05, 3.63) is 24.0 Å². The first-order valence-electron chi connectivity index (χ1n) is 10.2. The van der Waals surface area contributed by atoms with Gasteiger partial charge in [0.2, 0.25) is 5.91 Å². The lowest BCUT2D eigenvalue weighted by Crippen LogP contribution is -2.49. The molecule has 30 heavy (non-hydrogen) atoms. The SMILES string of the molecule is CC(C)(C)OC(=O)N1CCC(CNc2ccc(N3CCC(=O)NC3=O)c(F)c2)CC1. The molecular formula is C21H29FN4O4. The van der Waals surface area contributed by atoms with E-state index in [-0.39, 0.29) is 30.7 Å². The van der Waals surface area contributed by atoms with E-state index < -0.39 is 17.4 Å². The molecule has 164 valence electrons. The smallest absolute Gasteiger partial charge is 0.410 e. The van der Waals surface area contributed by atoms with Crippen molar-refractivity contribution in [2.45, 2.75) is 45.6 Å². The summed E-state index contributed by atoms with van der Waals surface area (Å²) in [7, 11) is 0. The maximum atomic E-state index is 14.5. The lowest BCUT2D eigenvalue weighted by molar-refractivity contribution is -0.120. The largest absolute Gasteiger partial charge is 0.444 e. The fraction of sp³-hybridized carbons (Fsp3) is 0.571. The van der Waals surface area contributed by atoms with Crippen molar-refractivity contribution in [1.82, 2.24) is 10.2 Å². The van der Waals surface area contributed by atoms with Gasteiger partial charge in [0, 0.05) is 38.3 Å². The van der Waals surface area contributed by atoms with E-state index in [0.717, 1.165) is 12.8 Å². The topological polar surface area (TPSA) is 91.0 Å². The molecule has 3 rings (SSSR count). The Morgan fingerprint density at radius 2 is 1.93 bits per heavy atom. The first kappa shape index (κ1) is 21.9. The quantitative estimate of drug-likeness (QED) is 0.780. The van der Waals surface area contributed by atoms with Crippen LogP contribution in [-0.4, -0.2) is 54.7 Å². The molecule has 0 spiro atoms. The molecule has 0 saturated carbocycles. The van der Waals surface area contributed by atoms with E-state index in [0.29, 0.717) is 31.2 Å². The summed E-state index contributed by atoms with van der Waals surface area (Å²) in [5.74, 6) is -0.512. The second kappa shape index (κ2) is 8.89. The van der Waals surface area contributed by atoms with E-state index in [9.17, 15) is 18.8 Å². The number of nitrogens with one attached hydrogen (secondary N) is 2. The third-order valence-corrected chi connectivity index (χ3v) is 5.15.